The number of nitrogens with one attached hydrogen (secondary N) is 1. The summed E-state index contributed by atoms with van der Waals surface area (Å²) >= 11 is 1.49. The van der Waals surface area contributed by atoms with Crippen LogP contribution in [0.1, 0.15) is 31.5 Å². The molecular weight excluding hydrogens is 198 g/mol. The van der Waals surface area contributed by atoms with E-state index in [1.165, 1.54) is 11.8 Å². The van der Waals surface area contributed by atoms with Crippen molar-refractivity contribution in [1.82, 2.24) is 15.2 Å². The van der Waals surface area contributed by atoms with E-state index in [0.29, 0.717) is 10.9 Å². The fourth-order valence-electron chi connectivity index (χ4n) is 1.58. The van der Waals surface area contributed by atoms with Gasteiger partial charge in [0, 0.05) is 6.42 Å². The molecule has 1 fully saturated rings. The van der Waals surface area contributed by atoms with E-state index in [1.807, 2.05) is 6.92 Å². The normalized spacial score (nSPS) is 22.6. The van der Waals surface area contributed by atoms with Gasteiger partial charge in [-0.15, -0.1) is 5.10 Å². The fraction of sp³-hybridized carbons (Fsp3) is 0.667. The van der Waals surface area contributed by atoms with Gasteiger partial charge in [-0.3, -0.25) is 9.89 Å². The van der Waals surface area contributed by atoms with Crippen molar-refractivity contribution in [2.75, 3.05) is 0 Å². The zero-order valence-corrected chi connectivity index (χ0v) is 8.93. The number of carbonyl (C=O) groups excluding carboxylic acids is 1. The zero-order valence-electron chi connectivity index (χ0n) is 8.12. The van der Waals surface area contributed by atoms with Crippen molar-refractivity contribution < 1.29 is 4.79 Å². The summed E-state index contributed by atoms with van der Waals surface area (Å²) in [4.78, 5) is 15.7. The molecule has 14 heavy (non-hydrogen) atoms. The molecule has 1 aliphatic rings. The summed E-state index contributed by atoms with van der Waals surface area (Å²) in [6, 6.07) is 0. The molecule has 0 bridgehead atoms. The summed E-state index contributed by atoms with van der Waals surface area (Å²) in [5.41, 5.74) is 0. The van der Waals surface area contributed by atoms with Gasteiger partial charge < -0.3 is 0 Å². The van der Waals surface area contributed by atoms with Crippen molar-refractivity contribution in [2.45, 2.75) is 43.0 Å². The molecule has 0 aromatic carbocycles. The van der Waals surface area contributed by atoms with E-state index in [2.05, 4.69) is 15.2 Å². The van der Waals surface area contributed by atoms with Gasteiger partial charge in [0.1, 0.15) is 11.6 Å². The van der Waals surface area contributed by atoms with E-state index in [4.69, 9.17) is 0 Å². The Labute approximate surface area is 86.9 Å². The smallest absolute Gasteiger partial charge is 0.209 e. The predicted molar refractivity (Wildman–Crippen MR) is 54.2 cm³/mol. The van der Waals surface area contributed by atoms with Crippen LogP contribution in [0.25, 0.3) is 0 Å². The van der Waals surface area contributed by atoms with Crippen LogP contribution in [0.15, 0.2) is 5.16 Å². The van der Waals surface area contributed by atoms with E-state index < -0.39 is 0 Å². The summed E-state index contributed by atoms with van der Waals surface area (Å²) in [6.45, 7) is 1.86. The number of nitrogens with zero attached hydrogens (tertiary/aromatic N) is 2. The Bertz CT molecular complexity index is 337. The van der Waals surface area contributed by atoms with Gasteiger partial charge in [0.15, 0.2) is 0 Å². The van der Waals surface area contributed by atoms with Gasteiger partial charge in [0.25, 0.3) is 0 Å². The van der Waals surface area contributed by atoms with Crippen molar-refractivity contribution in [2.24, 2.45) is 0 Å². The first-order valence-corrected chi connectivity index (χ1v) is 5.72. The molecule has 0 radical (unpaired) electrons. The maximum Gasteiger partial charge on any atom is 0.209 e. The molecule has 0 amide bonds. The molecule has 1 aromatic rings. The second-order valence-electron chi connectivity index (χ2n) is 3.52. The highest BCUT2D eigenvalue weighted by molar-refractivity contribution is 8.00. The van der Waals surface area contributed by atoms with Gasteiger partial charge in [0.2, 0.25) is 5.16 Å². The minimum absolute atomic E-state index is 0.0824. The van der Waals surface area contributed by atoms with Crippen molar-refractivity contribution in [3.8, 4) is 0 Å². The minimum atomic E-state index is 0.0824. The van der Waals surface area contributed by atoms with Crippen LogP contribution in [0.2, 0.25) is 0 Å². The van der Waals surface area contributed by atoms with E-state index in [0.717, 1.165) is 31.5 Å². The maximum atomic E-state index is 11.5. The van der Waals surface area contributed by atoms with Crippen LogP contribution >= 0.6 is 11.8 Å². The Morgan fingerprint density at radius 2 is 2.36 bits per heavy atom. The number of hydrogen-bond donors (Lipinski definition) is 1. The lowest BCUT2D eigenvalue weighted by Crippen LogP contribution is -2.21. The number of carbonyl (C=O) groups is 1. The Kier molecular flexibility index (Phi) is 2.86. The third-order valence-electron chi connectivity index (χ3n) is 2.32. The van der Waals surface area contributed by atoms with E-state index in [9.17, 15) is 4.79 Å². The van der Waals surface area contributed by atoms with Gasteiger partial charge in [0.05, 0.1) is 5.25 Å². The number of Topliss-reactive ketones (excluding diaryl/α,β-unsaturated/α-hetero) is 1. The first-order valence-electron chi connectivity index (χ1n) is 4.84. The third-order valence-corrected chi connectivity index (χ3v) is 3.50. The van der Waals surface area contributed by atoms with Gasteiger partial charge in [-0.1, -0.05) is 18.2 Å². The molecule has 4 nitrogen and oxygen atoms in total. The molecule has 1 heterocycles. The number of aromatic nitrogens is 3. The van der Waals surface area contributed by atoms with Crippen LogP contribution in [0.4, 0.5) is 0 Å². The number of hydrogen-bond acceptors (Lipinski definition) is 4. The van der Waals surface area contributed by atoms with E-state index >= 15 is 0 Å². The Balaban J connectivity index is 1.99. The largest absolute Gasteiger partial charge is 0.298 e. The second kappa shape index (κ2) is 4.13. The van der Waals surface area contributed by atoms with Crippen LogP contribution in [-0.2, 0) is 4.79 Å². The Hall–Kier alpha value is -0.840. The number of H-pyrrole nitrogens is 1. The summed E-state index contributed by atoms with van der Waals surface area (Å²) < 4.78 is 0. The van der Waals surface area contributed by atoms with Gasteiger partial charge in [-0.25, -0.2) is 4.98 Å². The maximum absolute atomic E-state index is 11.5. The summed E-state index contributed by atoms with van der Waals surface area (Å²) in [7, 11) is 0. The minimum Gasteiger partial charge on any atom is -0.298 e. The summed E-state index contributed by atoms with van der Waals surface area (Å²) in [5.74, 6) is 1.15. The number of thioether (sulfide) groups is 1. The van der Waals surface area contributed by atoms with Crippen LogP contribution in [-0.4, -0.2) is 26.2 Å². The van der Waals surface area contributed by atoms with Crippen molar-refractivity contribution in [3.63, 3.8) is 0 Å². The van der Waals surface area contributed by atoms with Crippen LogP contribution in [0.5, 0.6) is 0 Å². The second-order valence-corrected chi connectivity index (χ2v) is 4.69. The monoisotopic (exact) mass is 211 g/mol. The first-order chi connectivity index (χ1) is 6.75. The highest BCUT2D eigenvalue weighted by atomic mass is 32.2. The molecule has 1 unspecified atom stereocenters. The SMILES string of the molecule is Cc1nc(SC2CCCCC2=O)n[nH]1. The molecule has 2 rings (SSSR count). The number of ketones is 1. The molecule has 1 atom stereocenters. The lowest BCUT2D eigenvalue weighted by atomic mass is 9.99. The van der Waals surface area contributed by atoms with Crippen LogP contribution in [0.3, 0.4) is 0 Å². The van der Waals surface area contributed by atoms with Gasteiger partial charge in [-0.2, -0.15) is 0 Å². The average Bonchev–Trinajstić information content (AvgIpc) is 2.56. The molecule has 0 spiro atoms. The number of rotatable bonds is 2. The summed E-state index contributed by atoms with van der Waals surface area (Å²) in [6.07, 6.45) is 3.88. The van der Waals surface area contributed by atoms with Gasteiger partial charge in [-0.05, 0) is 19.8 Å². The van der Waals surface area contributed by atoms with Crippen molar-refractivity contribution in [1.29, 1.82) is 0 Å². The van der Waals surface area contributed by atoms with E-state index in [1.54, 1.807) is 0 Å². The predicted octanol–water partition coefficient (Wildman–Crippen LogP) is 1.72. The van der Waals surface area contributed by atoms with E-state index in [-0.39, 0.29) is 5.25 Å². The lowest BCUT2D eigenvalue weighted by molar-refractivity contribution is -0.119. The lowest BCUT2D eigenvalue weighted by Gasteiger charge is -2.17. The fourth-order valence-corrected chi connectivity index (χ4v) is 2.65. The zero-order chi connectivity index (χ0) is 9.97. The van der Waals surface area contributed by atoms with Crippen molar-refractivity contribution in [3.05, 3.63) is 5.82 Å². The van der Waals surface area contributed by atoms with Gasteiger partial charge >= 0.3 is 0 Å². The first kappa shape index (κ1) is 9.71. The topological polar surface area (TPSA) is 58.6 Å². The molecule has 5 heteroatoms. The highest BCUT2D eigenvalue weighted by Gasteiger charge is 2.24. The molecule has 76 valence electrons. The molecule has 0 saturated heterocycles. The molecule has 1 aliphatic carbocycles. The van der Waals surface area contributed by atoms with Crippen molar-refractivity contribution >= 4 is 17.5 Å². The third kappa shape index (κ3) is 2.15. The molecule has 1 saturated carbocycles. The average molecular weight is 211 g/mol. The highest BCUT2D eigenvalue weighted by Crippen LogP contribution is 2.29. The Morgan fingerprint density at radius 3 is 3.00 bits per heavy atom. The molecular formula is C9H13N3OS. The molecule has 1 N–H and O–H groups in total. The molecule has 1 aromatic heterocycles. The van der Waals surface area contributed by atoms with Crippen LogP contribution < -0.4 is 0 Å². The number of aromatic amines is 1. The van der Waals surface area contributed by atoms with Crippen LogP contribution in [0, 0.1) is 6.92 Å². The Morgan fingerprint density at radius 1 is 1.50 bits per heavy atom. The quantitative estimate of drug-likeness (QED) is 0.809. The standard InChI is InChI=1S/C9H13N3OS/c1-6-10-9(12-11-6)14-8-5-3-2-4-7(8)13/h8H,2-5H2,1H3,(H,10,11,12). The number of aryl methyl sites for hydroxylation is 1. The molecule has 0 aliphatic heterocycles. The summed E-state index contributed by atoms with van der Waals surface area (Å²) in [5, 5.41) is 7.58.